The molecule has 1 amide bonds. The van der Waals surface area contributed by atoms with E-state index in [-0.39, 0.29) is 5.91 Å². The van der Waals surface area contributed by atoms with Crippen molar-refractivity contribution in [1.29, 1.82) is 0 Å². The zero-order valence-electron chi connectivity index (χ0n) is 11.1. The van der Waals surface area contributed by atoms with Crippen LogP contribution in [0.2, 0.25) is 0 Å². The lowest BCUT2D eigenvalue weighted by Gasteiger charge is -2.19. The Hall–Kier alpha value is -2.23. The molecule has 0 saturated heterocycles. The molecule has 4 heteroatoms. The zero-order valence-corrected chi connectivity index (χ0v) is 11.1. The number of nitrogens with one attached hydrogen (secondary N) is 1. The Morgan fingerprint density at radius 3 is 3.00 bits per heavy atom. The number of nitrogen functional groups attached to an aromatic ring is 1. The van der Waals surface area contributed by atoms with Crippen LogP contribution < -0.4 is 5.73 Å². The van der Waals surface area contributed by atoms with Crippen LogP contribution in [-0.2, 0) is 0 Å². The summed E-state index contributed by atoms with van der Waals surface area (Å²) in [5.41, 5.74) is 8.04. The molecule has 100 valence electrons. The van der Waals surface area contributed by atoms with Crippen LogP contribution in [0.4, 0.5) is 5.69 Å². The Morgan fingerprint density at radius 1 is 1.53 bits per heavy atom. The molecular weight excluding hydrogens is 238 g/mol. The van der Waals surface area contributed by atoms with E-state index < -0.39 is 0 Å². The van der Waals surface area contributed by atoms with Crippen molar-refractivity contribution in [2.24, 2.45) is 0 Å². The first kappa shape index (κ1) is 13.2. The van der Waals surface area contributed by atoms with Crippen LogP contribution in [0.25, 0.3) is 10.9 Å². The molecule has 0 atom stereocenters. The Kier molecular flexibility index (Phi) is 3.90. The van der Waals surface area contributed by atoms with Gasteiger partial charge in [0.2, 0.25) is 0 Å². The highest BCUT2D eigenvalue weighted by molar-refractivity contribution is 6.07. The van der Waals surface area contributed by atoms with E-state index in [1.165, 1.54) is 0 Å². The number of anilines is 1. The molecule has 1 aromatic heterocycles. The Labute approximate surface area is 112 Å². The van der Waals surface area contributed by atoms with Crippen molar-refractivity contribution in [3.05, 3.63) is 42.6 Å². The second-order valence-electron chi connectivity index (χ2n) is 4.55. The Morgan fingerprint density at radius 2 is 2.32 bits per heavy atom. The monoisotopic (exact) mass is 257 g/mol. The molecule has 3 N–H and O–H groups in total. The van der Waals surface area contributed by atoms with Gasteiger partial charge in [-0.1, -0.05) is 13.0 Å². The Bertz CT molecular complexity index is 600. The molecule has 0 radical (unpaired) electrons. The molecule has 0 fully saturated rings. The molecule has 0 saturated carbocycles. The highest BCUT2D eigenvalue weighted by Gasteiger charge is 2.17. The largest absolute Gasteiger partial charge is 0.399 e. The van der Waals surface area contributed by atoms with Gasteiger partial charge in [-0.15, -0.1) is 6.58 Å². The van der Waals surface area contributed by atoms with Gasteiger partial charge in [0, 0.05) is 35.9 Å². The second-order valence-corrected chi connectivity index (χ2v) is 4.55. The molecule has 0 unspecified atom stereocenters. The lowest BCUT2D eigenvalue weighted by molar-refractivity contribution is 0.0776. The molecule has 1 aromatic carbocycles. The van der Waals surface area contributed by atoms with E-state index >= 15 is 0 Å². The third-order valence-corrected chi connectivity index (χ3v) is 3.07. The van der Waals surface area contributed by atoms with Crippen LogP contribution in [0.5, 0.6) is 0 Å². The maximum atomic E-state index is 12.5. The molecule has 0 aliphatic heterocycles. The smallest absolute Gasteiger partial charge is 0.256 e. The second kappa shape index (κ2) is 5.61. The summed E-state index contributed by atoms with van der Waals surface area (Å²) in [5, 5.41) is 0.871. The number of benzene rings is 1. The van der Waals surface area contributed by atoms with Gasteiger partial charge in [-0.3, -0.25) is 4.79 Å². The standard InChI is InChI=1S/C15H19N3O/c1-3-7-18(8-4-2)15(19)13-10-17-14-6-5-11(16)9-12(13)14/h3,5-6,9-10,17H,1,4,7-8,16H2,2H3. The summed E-state index contributed by atoms with van der Waals surface area (Å²) in [6, 6.07) is 5.54. The first-order valence-electron chi connectivity index (χ1n) is 6.44. The summed E-state index contributed by atoms with van der Waals surface area (Å²) in [7, 11) is 0. The predicted molar refractivity (Wildman–Crippen MR) is 79.1 cm³/mol. The number of amides is 1. The molecule has 2 rings (SSSR count). The van der Waals surface area contributed by atoms with E-state index in [9.17, 15) is 4.79 Å². The number of nitrogens with two attached hydrogens (primary N) is 1. The number of hydrogen-bond acceptors (Lipinski definition) is 2. The number of hydrogen-bond donors (Lipinski definition) is 2. The van der Waals surface area contributed by atoms with Crippen molar-refractivity contribution in [2.75, 3.05) is 18.8 Å². The van der Waals surface area contributed by atoms with Crippen molar-refractivity contribution in [3.8, 4) is 0 Å². The summed E-state index contributed by atoms with van der Waals surface area (Å²) in [4.78, 5) is 17.4. The summed E-state index contributed by atoms with van der Waals surface area (Å²) >= 11 is 0. The highest BCUT2D eigenvalue weighted by atomic mass is 16.2. The van der Waals surface area contributed by atoms with Gasteiger partial charge < -0.3 is 15.6 Å². The molecule has 0 aliphatic carbocycles. The summed E-state index contributed by atoms with van der Waals surface area (Å²) < 4.78 is 0. The number of carbonyl (C=O) groups is 1. The fraction of sp³-hybridized carbons (Fsp3) is 0.267. The van der Waals surface area contributed by atoms with Gasteiger partial charge >= 0.3 is 0 Å². The molecule has 2 aromatic rings. The van der Waals surface area contributed by atoms with Crippen LogP contribution in [0.3, 0.4) is 0 Å². The van der Waals surface area contributed by atoms with Gasteiger partial charge in [-0.25, -0.2) is 0 Å². The lowest BCUT2D eigenvalue weighted by Crippen LogP contribution is -2.31. The number of rotatable bonds is 5. The van der Waals surface area contributed by atoms with Crippen LogP contribution in [0, 0.1) is 0 Å². The summed E-state index contributed by atoms with van der Waals surface area (Å²) in [5.74, 6) is 0.0126. The third-order valence-electron chi connectivity index (χ3n) is 3.07. The maximum absolute atomic E-state index is 12.5. The zero-order chi connectivity index (χ0) is 13.8. The lowest BCUT2D eigenvalue weighted by atomic mass is 10.1. The van der Waals surface area contributed by atoms with Crippen molar-refractivity contribution in [3.63, 3.8) is 0 Å². The predicted octanol–water partition coefficient (Wildman–Crippen LogP) is 2.79. The molecular formula is C15H19N3O. The summed E-state index contributed by atoms with van der Waals surface area (Å²) in [6.45, 7) is 7.03. The molecule has 4 nitrogen and oxygen atoms in total. The number of H-pyrrole nitrogens is 1. The van der Waals surface area contributed by atoms with E-state index in [4.69, 9.17) is 5.73 Å². The van der Waals surface area contributed by atoms with E-state index in [1.54, 1.807) is 17.2 Å². The fourth-order valence-corrected chi connectivity index (χ4v) is 2.19. The van der Waals surface area contributed by atoms with Crippen LogP contribution in [0.1, 0.15) is 23.7 Å². The van der Waals surface area contributed by atoms with Gasteiger partial charge in [0.25, 0.3) is 5.91 Å². The first-order chi connectivity index (χ1) is 9.17. The van der Waals surface area contributed by atoms with Gasteiger partial charge in [0.05, 0.1) is 5.56 Å². The van der Waals surface area contributed by atoms with E-state index in [1.807, 2.05) is 18.2 Å². The Balaban J connectivity index is 2.39. The molecule has 0 aliphatic rings. The minimum absolute atomic E-state index is 0.0126. The van der Waals surface area contributed by atoms with Crippen LogP contribution >= 0.6 is 0 Å². The van der Waals surface area contributed by atoms with Crippen molar-refractivity contribution < 1.29 is 4.79 Å². The number of fused-ring (bicyclic) bond motifs is 1. The van der Waals surface area contributed by atoms with Crippen molar-refractivity contribution in [1.82, 2.24) is 9.88 Å². The minimum Gasteiger partial charge on any atom is -0.399 e. The molecule has 0 spiro atoms. The van der Waals surface area contributed by atoms with Crippen molar-refractivity contribution in [2.45, 2.75) is 13.3 Å². The molecule has 0 bridgehead atoms. The summed E-state index contributed by atoms with van der Waals surface area (Å²) in [6.07, 6.45) is 4.42. The number of aromatic nitrogens is 1. The van der Waals surface area contributed by atoms with Crippen LogP contribution in [0.15, 0.2) is 37.1 Å². The third kappa shape index (κ3) is 2.62. The quantitative estimate of drug-likeness (QED) is 0.639. The topological polar surface area (TPSA) is 62.1 Å². The highest BCUT2D eigenvalue weighted by Crippen LogP contribution is 2.22. The minimum atomic E-state index is 0.0126. The number of nitrogens with zero attached hydrogens (tertiary/aromatic N) is 1. The number of carbonyl (C=O) groups excluding carboxylic acids is 1. The SMILES string of the molecule is C=CCN(CCC)C(=O)c1c[nH]c2ccc(N)cc12. The van der Waals surface area contributed by atoms with Gasteiger partial charge in [0.15, 0.2) is 0 Å². The van der Waals surface area contributed by atoms with E-state index in [2.05, 4.69) is 18.5 Å². The van der Waals surface area contributed by atoms with Gasteiger partial charge in [-0.05, 0) is 24.6 Å². The maximum Gasteiger partial charge on any atom is 0.256 e. The molecule has 1 heterocycles. The van der Waals surface area contributed by atoms with Gasteiger partial charge in [0.1, 0.15) is 0 Å². The van der Waals surface area contributed by atoms with Gasteiger partial charge in [-0.2, -0.15) is 0 Å². The number of aromatic amines is 1. The normalized spacial score (nSPS) is 10.6. The average molecular weight is 257 g/mol. The van der Waals surface area contributed by atoms with E-state index in [0.717, 1.165) is 23.9 Å². The fourth-order valence-electron chi connectivity index (χ4n) is 2.19. The molecule has 19 heavy (non-hydrogen) atoms. The average Bonchev–Trinajstić information content (AvgIpc) is 2.80. The van der Waals surface area contributed by atoms with Crippen molar-refractivity contribution >= 4 is 22.5 Å². The first-order valence-corrected chi connectivity index (χ1v) is 6.44. The van der Waals surface area contributed by atoms with Crippen LogP contribution in [-0.4, -0.2) is 28.9 Å². The van der Waals surface area contributed by atoms with E-state index in [0.29, 0.717) is 17.8 Å².